The first-order valence-corrected chi connectivity index (χ1v) is 6.13. The molecule has 0 unspecified atom stereocenters. The fraction of sp³-hybridized carbons (Fsp3) is 0.333. The maximum atomic E-state index is 8.98. The van der Waals surface area contributed by atoms with Crippen molar-refractivity contribution in [2.24, 2.45) is 4.99 Å². The van der Waals surface area contributed by atoms with E-state index in [2.05, 4.69) is 21.1 Å². The number of rotatable bonds is 2. The van der Waals surface area contributed by atoms with Crippen molar-refractivity contribution in [2.75, 3.05) is 5.32 Å². The molecule has 88 valence electrons. The van der Waals surface area contributed by atoms with Gasteiger partial charge < -0.3 is 10.0 Å². The molecule has 1 aromatic rings. The number of anilines is 1. The topological polar surface area (TPSA) is 60.2 Å². The van der Waals surface area contributed by atoms with Crippen molar-refractivity contribution in [1.29, 1.82) is 5.26 Å². The van der Waals surface area contributed by atoms with Gasteiger partial charge in [-0.2, -0.15) is 5.26 Å². The molecular weight excluding hydrogens is 232 g/mol. The molecule has 5 heteroatoms. The second kappa shape index (κ2) is 4.30. The van der Waals surface area contributed by atoms with Crippen LogP contribution >= 0.6 is 11.9 Å². The van der Waals surface area contributed by atoms with E-state index in [0.29, 0.717) is 0 Å². The molecule has 2 rings (SSSR count). The van der Waals surface area contributed by atoms with E-state index in [0.717, 1.165) is 22.1 Å². The summed E-state index contributed by atoms with van der Waals surface area (Å²) in [6.45, 7) is 5.63. The van der Waals surface area contributed by atoms with Crippen LogP contribution < -0.4 is 10.0 Å². The molecule has 0 amide bonds. The molecule has 17 heavy (non-hydrogen) atoms. The fourth-order valence-electron chi connectivity index (χ4n) is 1.49. The minimum atomic E-state index is -0.569. The van der Waals surface area contributed by atoms with Crippen molar-refractivity contribution in [1.82, 2.24) is 4.72 Å². The first kappa shape index (κ1) is 11.8. The Balaban J connectivity index is 2.27. The first-order valence-electron chi connectivity index (χ1n) is 5.32. The van der Waals surface area contributed by atoms with Gasteiger partial charge in [0.15, 0.2) is 0 Å². The standard InChI is InChI=1S/C12H14N4S/c1-8-14-10-5-4-9(6-11(10)17-16-8)15-12(2,3)7-13/h4-6,15H,1-3H3,(H,14,16). The third kappa shape index (κ3) is 2.71. The molecular formula is C12H14N4S. The molecule has 0 radical (unpaired) electrons. The summed E-state index contributed by atoms with van der Waals surface area (Å²) < 4.78 is 3.12. The maximum Gasteiger partial charge on any atom is 0.119 e. The number of aliphatic imine (C=N–C) groups is 1. The smallest absolute Gasteiger partial charge is 0.119 e. The van der Waals surface area contributed by atoms with Gasteiger partial charge in [0, 0.05) is 5.69 Å². The third-order valence-electron chi connectivity index (χ3n) is 2.29. The molecule has 1 aliphatic rings. The van der Waals surface area contributed by atoms with Crippen molar-refractivity contribution in [2.45, 2.75) is 31.2 Å². The Labute approximate surface area is 105 Å². The lowest BCUT2D eigenvalue weighted by atomic mass is 10.1. The van der Waals surface area contributed by atoms with Gasteiger partial charge in [0.25, 0.3) is 0 Å². The Bertz CT molecular complexity index is 514. The van der Waals surface area contributed by atoms with E-state index in [-0.39, 0.29) is 0 Å². The van der Waals surface area contributed by atoms with Crippen molar-refractivity contribution in [3.63, 3.8) is 0 Å². The van der Waals surface area contributed by atoms with Gasteiger partial charge in [-0.25, -0.2) is 4.99 Å². The van der Waals surface area contributed by atoms with Gasteiger partial charge in [-0.1, -0.05) is 0 Å². The Kier molecular flexibility index (Phi) is 2.99. The van der Waals surface area contributed by atoms with E-state index in [9.17, 15) is 0 Å². The predicted molar refractivity (Wildman–Crippen MR) is 71.5 cm³/mol. The molecule has 2 N–H and O–H groups in total. The summed E-state index contributed by atoms with van der Waals surface area (Å²) in [7, 11) is 0. The number of hydrogen-bond acceptors (Lipinski definition) is 5. The lowest BCUT2D eigenvalue weighted by Crippen LogP contribution is -2.28. The zero-order valence-corrected chi connectivity index (χ0v) is 10.9. The van der Waals surface area contributed by atoms with Crippen LogP contribution in [0.5, 0.6) is 0 Å². The third-order valence-corrected chi connectivity index (χ3v) is 3.24. The van der Waals surface area contributed by atoms with Crippen LogP contribution in [0, 0.1) is 11.3 Å². The summed E-state index contributed by atoms with van der Waals surface area (Å²) in [5, 5.41) is 12.2. The number of nitrogens with one attached hydrogen (secondary N) is 2. The molecule has 0 aromatic heterocycles. The van der Waals surface area contributed by atoms with E-state index in [1.165, 1.54) is 0 Å². The number of amidine groups is 1. The first-order chi connectivity index (χ1) is 8.00. The Morgan fingerprint density at radius 2 is 2.24 bits per heavy atom. The molecule has 0 bridgehead atoms. The summed E-state index contributed by atoms with van der Waals surface area (Å²) in [6, 6.07) is 8.12. The van der Waals surface area contributed by atoms with Crippen LogP contribution in [-0.2, 0) is 0 Å². The lowest BCUT2D eigenvalue weighted by molar-refractivity contribution is 0.728. The average molecular weight is 246 g/mol. The molecule has 0 fully saturated rings. The molecule has 0 atom stereocenters. The molecule has 0 saturated heterocycles. The van der Waals surface area contributed by atoms with Crippen LogP contribution in [-0.4, -0.2) is 11.4 Å². The normalized spacial score (nSPS) is 14.1. The van der Waals surface area contributed by atoms with E-state index < -0.39 is 5.54 Å². The Morgan fingerprint density at radius 1 is 1.47 bits per heavy atom. The number of fused-ring (bicyclic) bond motifs is 1. The second-order valence-corrected chi connectivity index (χ2v) is 5.29. The Morgan fingerprint density at radius 3 is 2.94 bits per heavy atom. The minimum Gasteiger partial charge on any atom is -0.368 e. The van der Waals surface area contributed by atoms with Gasteiger partial charge in [0.1, 0.15) is 11.4 Å². The van der Waals surface area contributed by atoms with Crippen molar-refractivity contribution in [3.05, 3.63) is 18.2 Å². The van der Waals surface area contributed by atoms with Crippen molar-refractivity contribution in [3.8, 4) is 6.07 Å². The van der Waals surface area contributed by atoms with E-state index >= 15 is 0 Å². The molecule has 1 aromatic carbocycles. The average Bonchev–Trinajstić information content (AvgIpc) is 2.29. The highest BCUT2D eigenvalue weighted by molar-refractivity contribution is 7.98. The number of nitrogens with zero attached hydrogens (tertiary/aromatic N) is 2. The van der Waals surface area contributed by atoms with Gasteiger partial charge >= 0.3 is 0 Å². The van der Waals surface area contributed by atoms with Crippen molar-refractivity contribution < 1.29 is 0 Å². The van der Waals surface area contributed by atoms with Crippen LogP contribution in [0.15, 0.2) is 28.1 Å². The second-order valence-electron chi connectivity index (χ2n) is 4.45. The zero-order chi connectivity index (χ0) is 12.5. The van der Waals surface area contributed by atoms with Crippen LogP contribution in [0.2, 0.25) is 0 Å². The highest BCUT2D eigenvalue weighted by Gasteiger charge is 2.17. The highest BCUT2D eigenvalue weighted by atomic mass is 32.2. The molecule has 0 saturated carbocycles. The molecule has 4 nitrogen and oxygen atoms in total. The number of hydrogen-bond donors (Lipinski definition) is 2. The molecule has 1 heterocycles. The summed E-state index contributed by atoms with van der Waals surface area (Å²) in [5.41, 5.74) is 1.33. The van der Waals surface area contributed by atoms with Crippen LogP contribution in [0.3, 0.4) is 0 Å². The lowest BCUT2D eigenvalue weighted by Gasteiger charge is -2.21. The minimum absolute atomic E-state index is 0.569. The van der Waals surface area contributed by atoms with Crippen LogP contribution in [0.4, 0.5) is 11.4 Å². The van der Waals surface area contributed by atoms with Crippen LogP contribution in [0.1, 0.15) is 20.8 Å². The van der Waals surface area contributed by atoms with Gasteiger partial charge in [-0.05, 0) is 50.9 Å². The van der Waals surface area contributed by atoms with Gasteiger partial charge in [0.05, 0.1) is 16.7 Å². The number of benzene rings is 1. The highest BCUT2D eigenvalue weighted by Crippen LogP contribution is 2.34. The quantitative estimate of drug-likeness (QED) is 0.787. The fourth-order valence-corrected chi connectivity index (χ4v) is 2.19. The summed E-state index contributed by atoms with van der Waals surface area (Å²) >= 11 is 1.54. The van der Waals surface area contributed by atoms with E-state index in [1.54, 1.807) is 11.9 Å². The van der Waals surface area contributed by atoms with E-state index in [1.807, 2.05) is 39.0 Å². The largest absolute Gasteiger partial charge is 0.368 e. The monoisotopic (exact) mass is 246 g/mol. The SMILES string of the molecule is CC1=Nc2ccc(NC(C)(C)C#N)cc2SN1. The summed E-state index contributed by atoms with van der Waals surface area (Å²) in [6.07, 6.45) is 0. The zero-order valence-electron chi connectivity index (χ0n) is 10.0. The molecule has 1 aliphatic heterocycles. The van der Waals surface area contributed by atoms with Gasteiger partial charge in [-0.3, -0.25) is 0 Å². The molecule has 0 spiro atoms. The summed E-state index contributed by atoms with van der Waals surface area (Å²) in [5.74, 6) is 0.903. The Hall–Kier alpha value is -1.67. The summed E-state index contributed by atoms with van der Waals surface area (Å²) in [4.78, 5) is 5.46. The maximum absolute atomic E-state index is 8.98. The van der Waals surface area contributed by atoms with Gasteiger partial charge in [0.2, 0.25) is 0 Å². The van der Waals surface area contributed by atoms with Crippen molar-refractivity contribution >= 4 is 29.2 Å². The predicted octanol–water partition coefficient (Wildman–Crippen LogP) is 3.06. The molecule has 0 aliphatic carbocycles. The number of nitriles is 1. The van der Waals surface area contributed by atoms with Gasteiger partial charge in [-0.15, -0.1) is 0 Å². The van der Waals surface area contributed by atoms with E-state index in [4.69, 9.17) is 5.26 Å². The van der Waals surface area contributed by atoms with Crippen LogP contribution in [0.25, 0.3) is 0 Å².